The molecular formula is C15H21N3O2. The molecule has 2 rings (SSSR count). The minimum Gasteiger partial charge on any atom is -0.493 e. The molecule has 0 aliphatic rings. The Kier molecular flexibility index (Phi) is 4.39. The van der Waals surface area contributed by atoms with E-state index in [1.807, 2.05) is 26.0 Å². The molecule has 0 aromatic carbocycles. The molecule has 5 heteroatoms. The van der Waals surface area contributed by atoms with E-state index in [0.29, 0.717) is 11.4 Å². The molecule has 108 valence electrons. The molecule has 20 heavy (non-hydrogen) atoms. The van der Waals surface area contributed by atoms with Crippen LogP contribution in [0.5, 0.6) is 5.75 Å². The SMILES string of the molecule is CCCn1ncc(OC)c1C(O)c1ccc(C)nc1C. The average molecular weight is 275 g/mol. The van der Waals surface area contributed by atoms with Gasteiger partial charge in [0.15, 0.2) is 5.75 Å². The van der Waals surface area contributed by atoms with E-state index in [1.165, 1.54) is 0 Å². The molecule has 0 fully saturated rings. The molecule has 0 spiro atoms. The smallest absolute Gasteiger partial charge is 0.163 e. The average Bonchev–Trinajstić information content (AvgIpc) is 2.81. The van der Waals surface area contributed by atoms with Gasteiger partial charge in [0, 0.05) is 23.5 Å². The molecule has 0 bridgehead atoms. The zero-order valence-corrected chi connectivity index (χ0v) is 12.4. The highest BCUT2D eigenvalue weighted by Gasteiger charge is 2.23. The molecule has 0 saturated heterocycles. The lowest BCUT2D eigenvalue weighted by Crippen LogP contribution is -2.12. The first-order valence-corrected chi connectivity index (χ1v) is 6.80. The fourth-order valence-corrected chi connectivity index (χ4v) is 2.33. The standard InChI is InChI=1S/C15H21N3O2/c1-5-8-18-14(13(20-4)9-16-18)15(19)12-7-6-10(2)17-11(12)3/h6-7,9,15,19H,5,8H2,1-4H3. The van der Waals surface area contributed by atoms with Crippen LogP contribution in [0.1, 0.15) is 42.1 Å². The quantitative estimate of drug-likeness (QED) is 0.910. The van der Waals surface area contributed by atoms with Gasteiger partial charge in [-0.05, 0) is 26.3 Å². The van der Waals surface area contributed by atoms with Crippen LogP contribution in [0, 0.1) is 13.8 Å². The number of ether oxygens (including phenoxy) is 1. The highest BCUT2D eigenvalue weighted by molar-refractivity contribution is 5.36. The Bertz CT molecular complexity index is 593. The number of aliphatic hydroxyl groups excluding tert-OH is 1. The largest absolute Gasteiger partial charge is 0.493 e. The van der Waals surface area contributed by atoms with Gasteiger partial charge in [0.2, 0.25) is 0 Å². The van der Waals surface area contributed by atoms with Gasteiger partial charge in [-0.1, -0.05) is 13.0 Å². The second-order valence-corrected chi connectivity index (χ2v) is 4.85. The van der Waals surface area contributed by atoms with Crippen molar-refractivity contribution in [3.8, 4) is 5.75 Å². The summed E-state index contributed by atoms with van der Waals surface area (Å²) in [5, 5.41) is 15.0. The maximum Gasteiger partial charge on any atom is 0.163 e. The summed E-state index contributed by atoms with van der Waals surface area (Å²) in [4.78, 5) is 4.41. The van der Waals surface area contributed by atoms with E-state index in [0.717, 1.165) is 29.9 Å². The minimum absolute atomic E-state index is 0.603. The molecule has 1 unspecified atom stereocenters. The Morgan fingerprint density at radius 1 is 1.35 bits per heavy atom. The van der Waals surface area contributed by atoms with Crippen LogP contribution in [-0.2, 0) is 6.54 Å². The third-order valence-electron chi connectivity index (χ3n) is 3.32. The topological polar surface area (TPSA) is 60.2 Å². The fourth-order valence-electron chi connectivity index (χ4n) is 2.33. The molecule has 1 N–H and O–H groups in total. The first-order chi connectivity index (χ1) is 9.58. The summed E-state index contributed by atoms with van der Waals surface area (Å²) in [6.45, 7) is 6.65. The highest BCUT2D eigenvalue weighted by Crippen LogP contribution is 2.31. The van der Waals surface area contributed by atoms with Gasteiger partial charge in [0.25, 0.3) is 0 Å². The van der Waals surface area contributed by atoms with Gasteiger partial charge in [-0.3, -0.25) is 9.67 Å². The van der Waals surface area contributed by atoms with Gasteiger partial charge >= 0.3 is 0 Å². The van der Waals surface area contributed by atoms with Crippen LogP contribution in [0.4, 0.5) is 0 Å². The molecule has 0 radical (unpaired) electrons. The molecule has 0 saturated carbocycles. The van der Waals surface area contributed by atoms with E-state index < -0.39 is 6.10 Å². The zero-order valence-electron chi connectivity index (χ0n) is 12.4. The lowest BCUT2D eigenvalue weighted by Gasteiger charge is -2.16. The molecular weight excluding hydrogens is 254 g/mol. The van der Waals surface area contributed by atoms with Crippen molar-refractivity contribution in [2.75, 3.05) is 7.11 Å². The van der Waals surface area contributed by atoms with E-state index in [1.54, 1.807) is 18.0 Å². The summed E-state index contributed by atoms with van der Waals surface area (Å²) < 4.78 is 7.11. The number of aliphatic hydroxyl groups is 1. The second-order valence-electron chi connectivity index (χ2n) is 4.85. The summed E-state index contributed by atoms with van der Waals surface area (Å²) in [6.07, 6.45) is 1.80. The van der Waals surface area contributed by atoms with Crippen LogP contribution in [-0.4, -0.2) is 27.0 Å². The number of nitrogens with zero attached hydrogens (tertiary/aromatic N) is 3. The maximum atomic E-state index is 10.7. The summed E-state index contributed by atoms with van der Waals surface area (Å²) >= 11 is 0. The van der Waals surface area contributed by atoms with Gasteiger partial charge in [0.1, 0.15) is 11.8 Å². The van der Waals surface area contributed by atoms with Crippen molar-refractivity contribution in [3.63, 3.8) is 0 Å². The Hall–Kier alpha value is -1.88. The fraction of sp³-hybridized carbons (Fsp3) is 0.467. The molecule has 2 aromatic rings. The Morgan fingerprint density at radius 3 is 2.70 bits per heavy atom. The minimum atomic E-state index is -0.785. The summed E-state index contributed by atoms with van der Waals surface area (Å²) in [5.74, 6) is 0.603. The molecule has 0 aliphatic carbocycles. The Morgan fingerprint density at radius 2 is 2.10 bits per heavy atom. The lowest BCUT2D eigenvalue weighted by molar-refractivity contribution is 0.200. The summed E-state index contributed by atoms with van der Waals surface area (Å²) in [6, 6.07) is 3.81. The first-order valence-electron chi connectivity index (χ1n) is 6.80. The van der Waals surface area contributed by atoms with E-state index in [9.17, 15) is 5.11 Å². The number of pyridine rings is 1. The monoisotopic (exact) mass is 275 g/mol. The molecule has 0 aliphatic heterocycles. The maximum absolute atomic E-state index is 10.7. The molecule has 0 amide bonds. The van der Waals surface area contributed by atoms with Crippen LogP contribution in [0.25, 0.3) is 0 Å². The molecule has 1 atom stereocenters. The van der Waals surface area contributed by atoms with Crippen molar-refractivity contribution >= 4 is 0 Å². The first kappa shape index (κ1) is 14.5. The number of methoxy groups -OCH3 is 1. The lowest BCUT2D eigenvalue weighted by atomic mass is 10.0. The van der Waals surface area contributed by atoms with Gasteiger partial charge in [-0.2, -0.15) is 5.10 Å². The number of aryl methyl sites for hydroxylation is 3. The van der Waals surface area contributed by atoms with Crippen LogP contribution in [0.15, 0.2) is 18.3 Å². The van der Waals surface area contributed by atoms with Crippen LogP contribution in [0.2, 0.25) is 0 Å². The second kappa shape index (κ2) is 6.05. The number of rotatable bonds is 5. The predicted octanol–water partition coefficient (Wildman–Crippen LogP) is 2.40. The van der Waals surface area contributed by atoms with Crippen LogP contribution >= 0.6 is 0 Å². The van der Waals surface area contributed by atoms with Crippen molar-refractivity contribution in [2.45, 2.75) is 39.8 Å². The Balaban J connectivity index is 2.46. The number of hydrogen-bond donors (Lipinski definition) is 1. The number of hydrogen-bond acceptors (Lipinski definition) is 4. The van der Waals surface area contributed by atoms with Crippen LogP contribution in [0.3, 0.4) is 0 Å². The van der Waals surface area contributed by atoms with Gasteiger partial charge in [0.05, 0.1) is 13.3 Å². The number of aromatic nitrogens is 3. The van der Waals surface area contributed by atoms with Gasteiger partial charge < -0.3 is 9.84 Å². The van der Waals surface area contributed by atoms with Crippen molar-refractivity contribution in [3.05, 3.63) is 41.0 Å². The van der Waals surface area contributed by atoms with E-state index in [4.69, 9.17) is 4.74 Å². The van der Waals surface area contributed by atoms with Gasteiger partial charge in [-0.25, -0.2) is 0 Å². The third-order valence-corrected chi connectivity index (χ3v) is 3.32. The van der Waals surface area contributed by atoms with E-state index in [-0.39, 0.29) is 0 Å². The zero-order chi connectivity index (χ0) is 14.7. The third kappa shape index (κ3) is 2.67. The summed E-state index contributed by atoms with van der Waals surface area (Å²) in [7, 11) is 1.59. The highest BCUT2D eigenvalue weighted by atomic mass is 16.5. The van der Waals surface area contributed by atoms with Crippen molar-refractivity contribution < 1.29 is 9.84 Å². The molecule has 5 nitrogen and oxygen atoms in total. The molecule has 2 aromatic heterocycles. The normalized spacial score (nSPS) is 12.4. The van der Waals surface area contributed by atoms with Crippen molar-refractivity contribution in [2.24, 2.45) is 0 Å². The predicted molar refractivity (Wildman–Crippen MR) is 76.8 cm³/mol. The van der Waals surface area contributed by atoms with E-state index in [2.05, 4.69) is 17.0 Å². The van der Waals surface area contributed by atoms with Crippen molar-refractivity contribution in [1.29, 1.82) is 0 Å². The van der Waals surface area contributed by atoms with Crippen molar-refractivity contribution in [1.82, 2.24) is 14.8 Å². The van der Waals surface area contributed by atoms with Crippen LogP contribution < -0.4 is 4.74 Å². The Labute approximate surface area is 119 Å². The van der Waals surface area contributed by atoms with E-state index >= 15 is 0 Å². The molecule has 2 heterocycles. The van der Waals surface area contributed by atoms with Gasteiger partial charge in [-0.15, -0.1) is 0 Å². The summed E-state index contributed by atoms with van der Waals surface area (Å²) in [5.41, 5.74) is 3.23.